The fraction of sp³-hybridized carbons (Fsp3) is 0.524. The van der Waals surface area contributed by atoms with Gasteiger partial charge in [0.25, 0.3) is 0 Å². The smallest absolute Gasteiger partial charge is 0.433 e. The molecule has 3 heterocycles. The van der Waals surface area contributed by atoms with Crippen LogP contribution in [0, 0.1) is 5.82 Å². The van der Waals surface area contributed by atoms with Crippen LogP contribution in [0.15, 0.2) is 30.3 Å². The Hall–Kier alpha value is -2.30. The predicted octanol–water partition coefficient (Wildman–Crippen LogP) is 3.68. The molecule has 2 saturated heterocycles. The lowest BCUT2D eigenvalue weighted by molar-refractivity contribution is -0.141. The van der Waals surface area contributed by atoms with E-state index >= 15 is 0 Å². The summed E-state index contributed by atoms with van der Waals surface area (Å²) in [6, 6.07) is 5.09. The molecule has 2 aliphatic heterocycles. The molecule has 2 unspecified atom stereocenters. The van der Waals surface area contributed by atoms with Gasteiger partial charge in [0.15, 0.2) is 5.69 Å². The van der Waals surface area contributed by atoms with Crippen molar-refractivity contribution in [1.82, 2.24) is 20.2 Å². The first-order valence-electron chi connectivity index (χ1n) is 10.3. The Kier molecular flexibility index (Phi) is 6.14. The first-order chi connectivity index (χ1) is 14.7. The largest absolute Gasteiger partial charge is 0.439 e. The van der Waals surface area contributed by atoms with Crippen molar-refractivity contribution in [3.8, 4) is 11.6 Å². The van der Waals surface area contributed by atoms with E-state index in [1.807, 2.05) is 0 Å². The summed E-state index contributed by atoms with van der Waals surface area (Å²) < 4.78 is 59.2. The van der Waals surface area contributed by atoms with E-state index in [4.69, 9.17) is 4.74 Å². The number of alkyl halides is 3. The minimum Gasteiger partial charge on any atom is -0.439 e. The molecule has 2 fully saturated rings. The predicted molar refractivity (Wildman–Crippen MR) is 104 cm³/mol. The summed E-state index contributed by atoms with van der Waals surface area (Å²) in [5, 5.41) is 14.2. The Balaban J connectivity index is 1.60. The number of rotatable bonds is 5. The van der Waals surface area contributed by atoms with Crippen LogP contribution in [0.25, 0.3) is 0 Å². The number of piperidine rings is 1. The molecule has 0 bridgehead atoms. The molecule has 0 radical (unpaired) electrons. The normalized spacial score (nSPS) is 25.0. The summed E-state index contributed by atoms with van der Waals surface area (Å²) in [5.74, 6) is -0.997. The Morgan fingerprint density at radius 1 is 1.19 bits per heavy atom. The van der Waals surface area contributed by atoms with E-state index < -0.39 is 29.3 Å². The van der Waals surface area contributed by atoms with Crippen molar-refractivity contribution >= 4 is 0 Å². The molecule has 0 amide bonds. The molecule has 2 N–H and O–H groups in total. The van der Waals surface area contributed by atoms with Crippen molar-refractivity contribution in [3.05, 3.63) is 47.7 Å². The number of nitrogens with one attached hydrogen (secondary N) is 1. The van der Waals surface area contributed by atoms with Crippen LogP contribution >= 0.6 is 0 Å². The molecule has 0 aliphatic carbocycles. The quantitative estimate of drug-likeness (QED) is 0.692. The highest BCUT2D eigenvalue weighted by atomic mass is 19.4. The maximum atomic E-state index is 13.5. The van der Waals surface area contributed by atoms with Crippen LogP contribution in [0.1, 0.15) is 43.2 Å². The monoisotopic (exact) mass is 440 g/mol. The molecule has 0 spiro atoms. The van der Waals surface area contributed by atoms with Gasteiger partial charge in [-0.15, -0.1) is 0 Å². The fourth-order valence-corrected chi connectivity index (χ4v) is 4.16. The van der Waals surface area contributed by atoms with E-state index in [2.05, 4.69) is 20.2 Å². The summed E-state index contributed by atoms with van der Waals surface area (Å²) in [7, 11) is 0. The molecular formula is C21H24F4N4O2. The number of hydrogen-bond donors (Lipinski definition) is 2. The van der Waals surface area contributed by atoms with Crippen molar-refractivity contribution in [2.75, 3.05) is 26.2 Å². The summed E-state index contributed by atoms with van der Waals surface area (Å²) in [5.41, 5.74) is -2.19. The summed E-state index contributed by atoms with van der Waals surface area (Å²) >= 11 is 0. The highest BCUT2D eigenvalue weighted by Crippen LogP contribution is 2.35. The molecule has 6 nitrogen and oxygen atoms in total. The lowest BCUT2D eigenvalue weighted by Crippen LogP contribution is -2.50. The number of hydrogen-bond acceptors (Lipinski definition) is 6. The van der Waals surface area contributed by atoms with Gasteiger partial charge >= 0.3 is 6.18 Å². The lowest BCUT2D eigenvalue weighted by Gasteiger charge is -2.39. The fourth-order valence-electron chi connectivity index (χ4n) is 4.16. The van der Waals surface area contributed by atoms with Gasteiger partial charge in [-0.05, 0) is 57.5 Å². The molecule has 2 aliphatic rings. The SMILES string of the molecule is OC1(CN2CCCC2)CCNC(c2nc(Oc3cccc(F)c3)cc(C(F)(F)F)n2)C1. The lowest BCUT2D eigenvalue weighted by atomic mass is 9.86. The zero-order valence-corrected chi connectivity index (χ0v) is 16.8. The van der Waals surface area contributed by atoms with Gasteiger partial charge < -0.3 is 20.1 Å². The first-order valence-corrected chi connectivity index (χ1v) is 10.3. The summed E-state index contributed by atoms with van der Waals surface area (Å²) in [6.07, 6.45) is -1.88. The topological polar surface area (TPSA) is 70.5 Å². The molecule has 168 valence electrons. The Labute approximate surface area is 177 Å². The third-order valence-corrected chi connectivity index (χ3v) is 5.62. The molecular weight excluding hydrogens is 416 g/mol. The van der Waals surface area contributed by atoms with Crippen molar-refractivity contribution in [2.45, 2.75) is 43.5 Å². The van der Waals surface area contributed by atoms with Crippen LogP contribution in [0.3, 0.4) is 0 Å². The molecule has 0 saturated carbocycles. The van der Waals surface area contributed by atoms with Crippen molar-refractivity contribution in [3.63, 3.8) is 0 Å². The third-order valence-electron chi connectivity index (χ3n) is 5.62. The van der Waals surface area contributed by atoms with Crippen LogP contribution in [0.5, 0.6) is 11.6 Å². The highest BCUT2D eigenvalue weighted by molar-refractivity contribution is 5.29. The first kappa shape index (κ1) is 21.9. The van der Waals surface area contributed by atoms with Crippen molar-refractivity contribution < 1.29 is 27.4 Å². The Morgan fingerprint density at radius 2 is 1.97 bits per heavy atom. The highest BCUT2D eigenvalue weighted by Gasteiger charge is 2.40. The van der Waals surface area contributed by atoms with E-state index in [0.29, 0.717) is 25.6 Å². The number of aromatic nitrogens is 2. The molecule has 4 rings (SSSR count). The van der Waals surface area contributed by atoms with E-state index in [0.717, 1.165) is 32.0 Å². The number of nitrogens with zero attached hydrogens (tertiary/aromatic N) is 3. The maximum absolute atomic E-state index is 13.5. The van der Waals surface area contributed by atoms with E-state index in [1.54, 1.807) is 0 Å². The number of aliphatic hydroxyl groups is 1. The van der Waals surface area contributed by atoms with Gasteiger partial charge in [-0.3, -0.25) is 0 Å². The molecule has 1 aromatic heterocycles. The van der Waals surface area contributed by atoms with E-state index in [9.17, 15) is 22.7 Å². The second-order valence-corrected chi connectivity index (χ2v) is 8.18. The minimum absolute atomic E-state index is 0.0277. The van der Waals surface area contributed by atoms with Crippen LogP contribution < -0.4 is 10.1 Å². The average molecular weight is 440 g/mol. The zero-order valence-electron chi connectivity index (χ0n) is 16.8. The van der Waals surface area contributed by atoms with E-state index in [1.165, 1.54) is 18.2 Å². The Bertz CT molecular complexity index is 920. The van der Waals surface area contributed by atoms with Gasteiger partial charge in [0.1, 0.15) is 17.4 Å². The van der Waals surface area contributed by atoms with Crippen LogP contribution in [0.4, 0.5) is 17.6 Å². The van der Waals surface area contributed by atoms with Crippen LogP contribution in [-0.4, -0.2) is 51.8 Å². The third kappa shape index (κ3) is 5.50. The van der Waals surface area contributed by atoms with Crippen LogP contribution in [-0.2, 0) is 6.18 Å². The number of halogens is 4. The molecule has 10 heteroatoms. The van der Waals surface area contributed by atoms with E-state index in [-0.39, 0.29) is 23.9 Å². The second kappa shape index (κ2) is 8.68. The number of ether oxygens (including phenoxy) is 1. The van der Waals surface area contributed by atoms with Gasteiger partial charge in [-0.1, -0.05) is 6.07 Å². The second-order valence-electron chi connectivity index (χ2n) is 8.18. The standard InChI is InChI=1S/C21H24F4N4O2/c22-14-4-3-5-15(10-14)31-18-11-17(21(23,24)25)27-19(28-18)16-12-20(30,6-7-26-16)13-29-8-1-2-9-29/h3-5,10-11,16,26,30H,1-2,6-9,12-13H2. The average Bonchev–Trinajstić information content (AvgIpc) is 3.19. The van der Waals surface area contributed by atoms with Gasteiger partial charge in [0.2, 0.25) is 5.88 Å². The molecule has 2 atom stereocenters. The number of benzene rings is 1. The van der Waals surface area contributed by atoms with Crippen molar-refractivity contribution in [2.24, 2.45) is 0 Å². The van der Waals surface area contributed by atoms with Crippen LogP contribution in [0.2, 0.25) is 0 Å². The zero-order chi connectivity index (χ0) is 22.1. The number of likely N-dealkylation sites (tertiary alicyclic amines) is 1. The van der Waals surface area contributed by atoms with Gasteiger partial charge in [-0.2, -0.15) is 18.2 Å². The van der Waals surface area contributed by atoms with Gasteiger partial charge in [0.05, 0.1) is 11.6 Å². The Morgan fingerprint density at radius 3 is 2.68 bits per heavy atom. The summed E-state index contributed by atoms with van der Waals surface area (Å²) in [6.45, 7) is 2.71. The minimum atomic E-state index is -4.71. The molecule has 31 heavy (non-hydrogen) atoms. The number of β-amino-alcohol motifs (C(OH)–C–C–N with tert-alkyl or cyclic N) is 1. The van der Waals surface area contributed by atoms with Gasteiger partial charge in [-0.25, -0.2) is 9.37 Å². The summed E-state index contributed by atoms with van der Waals surface area (Å²) in [4.78, 5) is 10.0. The molecule has 1 aromatic carbocycles. The van der Waals surface area contributed by atoms with Gasteiger partial charge in [0, 0.05) is 18.7 Å². The van der Waals surface area contributed by atoms with Crippen molar-refractivity contribution in [1.29, 1.82) is 0 Å². The molecule has 2 aromatic rings. The maximum Gasteiger partial charge on any atom is 0.433 e.